The Morgan fingerprint density at radius 1 is 1.20 bits per heavy atom. The van der Waals surface area contributed by atoms with Gasteiger partial charge in [-0.3, -0.25) is 4.98 Å². The number of carbonyl (C=O) groups excluding carboxylic acids is 1. The van der Waals surface area contributed by atoms with Gasteiger partial charge in [-0.15, -0.1) is 0 Å². The van der Waals surface area contributed by atoms with Gasteiger partial charge in [-0.2, -0.15) is 0 Å². The molecular weight excluding hydrogens is 254 g/mol. The maximum absolute atomic E-state index is 11.8. The minimum absolute atomic E-state index is 0.293. The van der Waals surface area contributed by atoms with Gasteiger partial charge in [0.15, 0.2) is 0 Å². The highest BCUT2D eigenvalue weighted by Gasteiger charge is 2.04. The molecule has 0 radical (unpaired) electrons. The number of furan rings is 1. The number of pyridine rings is 1. The minimum Gasteiger partial charge on any atom is -0.467 e. The summed E-state index contributed by atoms with van der Waals surface area (Å²) in [5.74, 6) is 0.705. The summed E-state index contributed by atoms with van der Waals surface area (Å²) < 4.78 is 5.14. The quantitative estimate of drug-likeness (QED) is 0.766. The van der Waals surface area contributed by atoms with Gasteiger partial charge >= 0.3 is 6.03 Å². The number of nitrogens with zero attached hydrogens (tertiary/aromatic N) is 1. The van der Waals surface area contributed by atoms with E-state index >= 15 is 0 Å². The van der Waals surface area contributed by atoms with Crippen molar-refractivity contribution in [3.63, 3.8) is 0 Å². The van der Waals surface area contributed by atoms with Crippen molar-refractivity contribution in [3.05, 3.63) is 60.7 Å². The zero-order valence-electron chi connectivity index (χ0n) is 10.7. The summed E-state index contributed by atoms with van der Waals surface area (Å²) in [6.45, 7) is 0.347. The monoisotopic (exact) mass is 267 g/mol. The fraction of sp³-hybridized carbons (Fsp3) is 0.0667. The van der Waals surface area contributed by atoms with Crippen LogP contribution in [0.1, 0.15) is 5.76 Å². The van der Waals surface area contributed by atoms with E-state index in [9.17, 15) is 4.79 Å². The van der Waals surface area contributed by atoms with E-state index in [0.29, 0.717) is 18.0 Å². The van der Waals surface area contributed by atoms with E-state index in [0.717, 1.165) is 10.9 Å². The molecule has 2 amide bonds. The molecule has 0 spiro atoms. The molecule has 0 fully saturated rings. The lowest BCUT2D eigenvalue weighted by Gasteiger charge is -2.07. The maximum Gasteiger partial charge on any atom is 0.319 e. The highest BCUT2D eigenvalue weighted by Crippen LogP contribution is 2.15. The summed E-state index contributed by atoms with van der Waals surface area (Å²) >= 11 is 0. The molecular formula is C15H13N3O2. The minimum atomic E-state index is -0.293. The second-order valence-corrected chi connectivity index (χ2v) is 4.30. The molecule has 0 aliphatic carbocycles. The Morgan fingerprint density at radius 2 is 2.10 bits per heavy atom. The van der Waals surface area contributed by atoms with E-state index in [-0.39, 0.29) is 6.03 Å². The number of amides is 2. The van der Waals surface area contributed by atoms with Crippen LogP contribution in [0, 0.1) is 0 Å². The number of hydrogen-bond acceptors (Lipinski definition) is 3. The Bertz CT molecular complexity index is 723. The third kappa shape index (κ3) is 2.77. The smallest absolute Gasteiger partial charge is 0.319 e. The standard InChI is InChI=1S/C15H13N3O2/c19-15(17-10-13-5-3-7-20-13)18-12-8-11-4-1-2-6-14(11)16-9-12/h1-9H,10H2,(H2,17,18,19). The van der Waals surface area contributed by atoms with Crippen molar-refractivity contribution in [3.8, 4) is 0 Å². The highest BCUT2D eigenvalue weighted by atomic mass is 16.3. The fourth-order valence-electron chi connectivity index (χ4n) is 1.90. The molecule has 0 aliphatic heterocycles. The highest BCUT2D eigenvalue weighted by molar-refractivity contribution is 5.91. The van der Waals surface area contributed by atoms with E-state index in [1.54, 1.807) is 24.6 Å². The second-order valence-electron chi connectivity index (χ2n) is 4.30. The predicted molar refractivity (Wildman–Crippen MR) is 76.3 cm³/mol. The Hall–Kier alpha value is -2.82. The molecule has 5 nitrogen and oxygen atoms in total. The number of para-hydroxylation sites is 1. The molecule has 1 aromatic carbocycles. The molecule has 2 N–H and O–H groups in total. The number of fused-ring (bicyclic) bond motifs is 1. The van der Waals surface area contributed by atoms with Gasteiger partial charge in [-0.05, 0) is 24.3 Å². The van der Waals surface area contributed by atoms with Crippen molar-refractivity contribution in [1.82, 2.24) is 10.3 Å². The van der Waals surface area contributed by atoms with Crippen molar-refractivity contribution in [1.29, 1.82) is 0 Å². The van der Waals surface area contributed by atoms with Gasteiger partial charge in [-0.25, -0.2) is 4.79 Å². The van der Waals surface area contributed by atoms with Gasteiger partial charge in [0, 0.05) is 5.39 Å². The predicted octanol–water partition coefficient (Wildman–Crippen LogP) is 3.15. The number of rotatable bonds is 3. The summed E-state index contributed by atoms with van der Waals surface area (Å²) in [6.07, 6.45) is 3.21. The molecule has 5 heteroatoms. The number of nitrogens with one attached hydrogen (secondary N) is 2. The number of anilines is 1. The number of benzene rings is 1. The molecule has 0 aliphatic rings. The molecule has 2 aromatic heterocycles. The van der Waals surface area contributed by atoms with Gasteiger partial charge in [-0.1, -0.05) is 18.2 Å². The molecule has 0 atom stereocenters. The first-order valence-corrected chi connectivity index (χ1v) is 6.23. The summed E-state index contributed by atoms with van der Waals surface area (Å²) in [5.41, 5.74) is 1.55. The van der Waals surface area contributed by atoms with Crippen LogP contribution in [0.5, 0.6) is 0 Å². The molecule has 3 aromatic rings. The van der Waals surface area contributed by atoms with Crippen molar-refractivity contribution >= 4 is 22.6 Å². The van der Waals surface area contributed by atoms with Crippen LogP contribution in [0.25, 0.3) is 10.9 Å². The number of aromatic nitrogens is 1. The molecule has 0 unspecified atom stereocenters. The van der Waals surface area contributed by atoms with Gasteiger partial charge in [0.2, 0.25) is 0 Å². The average Bonchev–Trinajstić information content (AvgIpc) is 2.98. The molecule has 3 rings (SSSR count). The van der Waals surface area contributed by atoms with Crippen LogP contribution in [0.15, 0.2) is 59.3 Å². The van der Waals surface area contributed by atoms with Crippen LogP contribution < -0.4 is 10.6 Å². The van der Waals surface area contributed by atoms with E-state index in [2.05, 4.69) is 15.6 Å². The maximum atomic E-state index is 11.8. The first-order chi connectivity index (χ1) is 9.81. The Balaban J connectivity index is 1.65. The zero-order chi connectivity index (χ0) is 13.8. The molecule has 0 saturated heterocycles. The van der Waals surface area contributed by atoms with Crippen molar-refractivity contribution in [2.24, 2.45) is 0 Å². The van der Waals surface area contributed by atoms with Gasteiger partial charge in [0.1, 0.15) is 5.76 Å². The van der Waals surface area contributed by atoms with Crippen molar-refractivity contribution in [2.45, 2.75) is 6.54 Å². The van der Waals surface area contributed by atoms with E-state index in [1.807, 2.05) is 30.3 Å². The number of carbonyl (C=O) groups is 1. The summed E-state index contributed by atoms with van der Waals surface area (Å²) in [6, 6.07) is 12.9. The van der Waals surface area contributed by atoms with Gasteiger partial charge in [0.25, 0.3) is 0 Å². The van der Waals surface area contributed by atoms with Crippen LogP contribution in [-0.2, 0) is 6.54 Å². The molecule has 0 saturated carbocycles. The topological polar surface area (TPSA) is 67.2 Å². The third-order valence-corrected chi connectivity index (χ3v) is 2.85. The van der Waals surface area contributed by atoms with Crippen LogP contribution in [0.4, 0.5) is 10.5 Å². The van der Waals surface area contributed by atoms with E-state index in [1.165, 1.54) is 0 Å². The zero-order valence-corrected chi connectivity index (χ0v) is 10.7. The normalized spacial score (nSPS) is 10.4. The van der Waals surface area contributed by atoms with Gasteiger partial charge < -0.3 is 15.1 Å². The third-order valence-electron chi connectivity index (χ3n) is 2.85. The van der Waals surface area contributed by atoms with Gasteiger partial charge in [0.05, 0.1) is 30.2 Å². The number of urea groups is 1. The Kier molecular flexibility index (Phi) is 3.33. The van der Waals surface area contributed by atoms with Crippen molar-refractivity contribution < 1.29 is 9.21 Å². The van der Waals surface area contributed by atoms with Crippen LogP contribution in [0.2, 0.25) is 0 Å². The summed E-state index contributed by atoms with van der Waals surface area (Å²) in [4.78, 5) is 16.0. The summed E-state index contributed by atoms with van der Waals surface area (Å²) in [5, 5.41) is 6.44. The van der Waals surface area contributed by atoms with E-state index < -0.39 is 0 Å². The lowest BCUT2D eigenvalue weighted by Crippen LogP contribution is -2.28. The van der Waals surface area contributed by atoms with Crippen LogP contribution in [0.3, 0.4) is 0 Å². The van der Waals surface area contributed by atoms with Crippen LogP contribution in [-0.4, -0.2) is 11.0 Å². The van der Waals surface area contributed by atoms with E-state index in [4.69, 9.17) is 4.42 Å². The number of hydrogen-bond donors (Lipinski definition) is 2. The SMILES string of the molecule is O=C(NCc1ccco1)Nc1cnc2ccccc2c1. The van der Waals surface area contributed by atoms with Crippen molar-refractivity contribution in [2.75, 3.05) is 5.32 Å². The average molecular weight is 267 g/mol. The first-order valence-electron chi connectivity index (χ1n) is 6.23. The fourth-order valence-corrected chi connectivity index (χ4v) is 1.90. The van der Waals surface area contributed by atoms with Crippen LogP contribution >= 0.6 is 0 Å². The lowest BCUT2D eigenvalue weighted by molar-refractivity contribution is 0.251. The second kappa shape index (κ2) is 5.44. The lowest BCUT2D eigenvalue weighted by atomic mass is 10.2. The Morgan fingerprint density at radius 3 is 2.95 bits per heavy atom. The largest absolute Gasteiger partial charge is 0.467 e. The molecule has 0 bridgehead atoms. The first kappa shape index (κ1) is 12.2. The molecule has 2 heterocycles. The Labute approximate surface area is 115 Å². The summed E-state index contributed by atoms with van der Waals surface area (Å²) in [7, 11) is 0. The molecule has 100 valence electrons. The molecule has 20 heavy (non-hydrogen) atoms.